The van der Waals surface area contributed by atoms with Gasteiger partial charge in [-0.1, -0.05) is 41.9 Å². The highest BCUT2D eigenvalue weighted by Crippen LogP contribution is 2.31. The van der Waals surface area contributed by atoms with Crippen LogP contribution in [0.25, 0.3) is 0 Å². The number of rotatable bonds is 5. The summed E-state index contributed by atoms with van der Waals surface area (Å²) in [6.45, 7) is 0. The Labute approximate surface area is 132 Å². The van der Waals surface area contributed by atoms with Gasteiger partial charge >= 0.3 is 5.97 Å². The van der Waals surface area contributed by atoms with Crippen LogP contribution in [0.1, 0.15) is 11.1 Å². The van der Waals surface area contributed by atoms with E-state index in [1.165, 1.54) is 0 Å². The third kappa shape index (κ3) is 4.25. The first kappa shape index (κ1) is 15.4. The molecule has 0 amide bonds. The summed E-state index contributed by atoms with van der Waals surface area (Å²) in [6, 6.07) is 16.3. The minimum absolute atomic E-state index is 0.387. The van der Waals surface area contributed by atoms with Crippen LogP contribution in [0.3, 0.4) is 0 Å². The molecule has 21 heavy (non-hydrogen) atoms. The molecule has 0 fully saturated rings. The summed E-state index contributed by atoms with van der Waals surface area (Å²) < 4.78 is 0. The van der Waals surface area contributed by atoms with Gasteiger partial charge in [0.2, 0.25) is 0 Å². The van der Waals surface area contributed by atoms with Crippen molar-refractivity contribution in [2.24, 2.45) is 0 Å². The van der Waals surface area contributed by atoms with Crippen molar-refractivity contribution in [1.29, 1.82) is 5.26 Å². The Balaban J connectivity index is 2.23. The number of thioether (sulfide) groups is 1. The van der Waals surface area contributed by atoms with Crippen molar-refractivity contribution in [1.82, 2.24) is 0 Å². The first-order chi connectivity index (χ1) is 10.1. The van der Waals surface area contributed by atoms with Crippen LogP contribution in [0, 0.1) is 11.3 Å². The molecule has 0 heterocycles. The van der Waals surface area contributed by atoms with E-state index in [-0.39, 0.29) is 0 Å². The van der Waals surface area contributed by atoms with E-state index in [9.17, 15) is 9.90 Å². The van der Waals surface area contributed by atoms with E-state index in [4.69, 9.17) is 16.9 Å². The van der Waals surface area contributed by atoms with E-state index >= 15 is 0 Å². The summed E-state index contributed by atoms with van der Waals surface area (Å²) in [6.07, 6.45) is 0.387. The molecule has 106 valence electrons. The smallest absolute Gasteiger partial charge is 0.317 e. The van der Waals surface area contributed by atoms with Crippen molar-refractivity contribution < 1.29 is 9.90 Å². The molecule has 0 aliphatic heterocycles. The zero-order valence-electron chi connectivity index (χ0n) is 11.0. The number of nitrogens with zero attached hydrogens (tertiary/aromatic N) is 1. The third-order valence-corrected chi connectivity index (χ3v) is 4.35. The minimum Gasteiger partial charge on any atom is -0.480 e. The molecule has 0 aliphatic rings. The first-order valence-electron chi connectivity index (χ1n) is 6.23. The van der Waals surface area contributed by atoms with Gasteiger partial charge in [0.15, 0.2) is 0 Å². The van der Waals surface area contributed by atoms with Gasteiger partial charge in [-0.05, 0) is 30.2 Å². The molecule has 1 N–H and O–H groups in total. The van der Waals surface area contributed by atoms with Crippen molar-refractivity contribution in [2.45, 2.75) is 16.6 Å². The van der Waals surface area contributed by atoms with E-state index in [1.807, 2.05) is 30.3 Å². The summed E-state index contributed by atoms with van der Waals surface area (Å²) in [7, 11) is 0. The molecule has 1 unspecified atom stereocenters. The summed E-state index contributed by atoms with van der Waals surface area (Å²) in [5.74, 6) is -0.910. The van der Waals surface area contributed by atoms with E-state index in [0.717, 1.165) is 17.3 Å². The number of hydrogen-bond acceptors (Lipinski definition) is 3. The second-order valence-corrected chi connectivity index (χ2v) is 6.07. The number of halogens is 1. The molecule has 0 aromatic heterocycles. The highest BCUT2D eigenvalue weighted by Gasteiger charge is 2.21. The van der Waals surface area contributed by atoms with Gasteiger partial charge in [-0.3, -0.25) is 4.79 Å². The number of benzene rings is 2. The molecular weight excluding hydrogens is 306 g/mol. The molecule has 1 atom stereocenters. The van der Waals surface area contributed by atoms with Crippen molar-refractivity contribution in [3.63, 3.8) is 0 Å². The lowest BCUT2D eigenvalue weighted by atomic mass is 10.1. The van der Waals surface area contributed by atoms with Crippen LogP contribution >= 0.6 is 23.4 Å². The highest BCUT2D eigenvalue weighted by molar-refractivity contribution is 8.00. The van der Waals surface area contributed by atoms with Crippen LogP contribution in [0.2, 0.25) is 5.02 Å². The maximum atomic E-state index is 11.5. The molecule has 0 spiro atoms. The lowest BCUT2D eigenvalue weighted by Gasteiger charge is -2.13. The molecule has 0 radical (unpaired) electrons. The highest BCUT2D eigenvalue weighted by atomic mass is 35.5. The van der Waals surface area contributed by atoms with Gasteiger partial charge in [-0.25, -0.2) is 0 Å². The molecule has 3 nitrogen and oxygen atoms in total. The van der Waals surface area contributed by atoms with Gasteiger partial charge in [-0.15, -0.1) is 11.8 Å². The van der Waals surface area contributed by atoms with E-state index in [2.05, 4.69) is 6.07 Å². The Kier molecular flexibility index (Phi) is 5.26. The van der Waals surface area contributed by atoms with Crippen LogP contribution < -0.4 is 0 Å². The molecule has 0 saturated heterocycles. The van der Waals surface area contributed by atoms with Gasteiger partial charge in [0, 0.05) is 9.92 Å². The Morgan fingerprint density at radius 3 is 2.62 bits per heavy atom. The topological polar surface area (TPSA) is 61.1 Å². The van der Waals surface area contributed by atoms with Gasteiger partial charge < -0.3 is 5.11 Å². The Bertz CT molecular complexity index is 682. The quantitative estimate of drug-likeness (QED) is 0.847. The fourth-order valence-corrected chi connectivity index (χ4v) is 3.20. The van der Waals surface area contributed by atoms with Gasteiger partial charge in [-0.2, -0.15) is 5.26 Å². The number of nitriles is 1. The normalized spacial score (nSPS) is 11.6. The maximum Gasteiger partial charge on any atom is 0.317 e. The molecule has 0 bridgehead atoms. The average Bonchev–Trinajstić information content (AvgIpc) is 2.48. The number of hydrogen-bond donors (Lipinski definition) is 1. The predicted octanol–water partition coefficient (Wildman–Crippen LogP) is 4.00. The van der Waals surface area contributed by atoms with Gasteiger partial charge in [0.25, 0.3) is 0 Å². The summed E-state index contributed by atoms with van der Waals surface area (Å²) >= 11 is 7.08. The second kappa shape index (κ2) is 7.16. The number of aliphatic carboxylic acids is 1. The van der Waals surface area contributed by atoms with Crippen molar-refractivity contribution >= 4 is 29.3 Å². The standard InChI is InChI=1S/C16H12ClNO2S/c17-13-7-6-12(10-18)14(9-13)21-15(16(19)20)8-11-4-2-1-3-5-11/h1-7,9,15H,8H2,(H,19,20). The van der Waals surface area contributed by atoms with Gasteiger partial charge in [0.1, 0.15) is 11.3 Å². The van der Waals surface area contributed by atoms with E-state index in [0.29, 0.717) is 21.9 Å². The molecule has 2 rings (SSSR count). The zero-order chi connectivity index (χ0) is 15.2. The van der Waals surface area contributed by atoms with Gasteiger partial charge in [0.05, 0.1) is 5.56 Å². The van der Waals surface area contributed by atoms with Crippen molar-refractivity contribution in [3.8, 4) is 6.07 Å². The number of carboxylic acids is 1. The first-order valence-corrected chi connectivity index (χ1v) is 7.49. The Morgan fingerprint density at radius 1 is 1.29 bits per heavy atom. The molecule has 2 aromatic rings. The minimum atomic E-state index is -0.910. The summed E-state index contributed by atoms with van der Waals surface area (Å²) in [5.41, 5.74) is 1.38. The fourth-order valence-electron chi connectivity index (χ4n) is 1.85. The van der Waals surface area contributed by atoms with Crippen LogP contribution in [0.5, 0.6) is 0 Å². The lowest BCUT2D eigenvalue weighted by Crippen LogP contribution is -2.19. The monoisotopic (exact) mass is 317 g/mol. The Hall–Kier alpha value is -1.96. The second-order valence-electron chi connectivity index (χ2n) is 4.39. The molecule has 0 aliphatic carbocycles. The third-order valence-electron chi connectivity index (χ3n) is 2.87. The molecule has 0 saturated carbocycles. The van der Waals surface area contributed by atoms with E-state index in [1.54, 1.807) is 18.2 Å². The van der Waals surface area contributed by atoms with Crippen LogP contribution in [0.4, 0.5) is 0 Å². The van der Waals surface area contributed by atoms with Crippen LogP contribution in [-0.4, -0.2) is 16.3 Å². The predicted molar refractivity (Wildman–Crippen MR) is 83.6 cm³/mol. The summed E-state index contributed by atoms with van der Waals surface area (Å²) in [4.78, 5) is 12.0. The average molecular weight is 318 g/mol. The molecule has 2 aromatic carbocycles. The largest absolute Gasteiger partial charge is 0.480 e. The van der Waals surface area contributed by atoms with Crippen LogP contribution in [-0.2, 0) is 11.2 Å². The SMILES string of the molecule is N#Cc1ccc(Cl)cc1SC(Cc1ccccc1)C(=O)O. The van der Waals surface area contributed by atoms with Crippen molar-refractivity contribution in [3.05, 3.63) is 64.7 Å². The zero-order valence-corrected chi connectivity index (χ0v) is 12.6. The number of carboxylic acid groups (broad SMARTS) is 1. The molecule has 5 heteroatoms. The lowest BCUT2D eigenvalue weighted by molar-refractivity contribution is -0.136. The fraction of sp³-hybridized carbons (Fsp3) is 0.125. The number of carbonyl (C=O) groups is 1. The summed E-state index contributed by atoms with van der Waals surface area (Å²) in [5, 5.41) is 18.3. The Morgan fingerprint density at radius 2 is 2.00 bits per heavy atom. The van der Waals surface area contributed by atoms with E-state index < -0.39 is 11.2 Å². The van der Waals surface area contributed by atoms with Crippen LogP contribution in [0.15, 0.2) is 53.4 Å². The molecular formula is C16H12ClNO2S. The maximum absolute atomic E-state index is 11.5. The van der Waals surface area contributed by atoms with Crippen molar-refractivity contribution in [2.75, 3.05) is 0 Å².